The molecular formula is C11H20N4O. The van der Waals surface area contributed by atoms with Gasteiger partial charge in [0.05, 0.1) is 5.56 Å². The van der Waals surface area contributed by atoms with Gasteiger partial charge in [-0.2, -0.15) is 0 Å². The van der Waals surface area contributed by atoms with Crippen molar-refractivity contribution < 1.29 is 0 Å². The Kier molecular flexibility index (Phi) is 3.70. The van der Waals surface area contributed by atoms with Gasteiger partial charge in [-0.05, 0) is 6.42 Å². The number of nitrogens with zero attached hydrogens (tertiary/aromatic N) is 1. The average molecular weight is 224 g/mol. The van der Waals surface area contributed by atoms with Crippen LogP contribution in [0, 0.1) is 0 Å². The van der Waals surface area contributed by atoms with E-state index in [1.807, 2.05) is 27.7 Å². The Morgan fingerprint density at radius 1 is 1.44 bits per heavy atom. The zero-order chi connectivity index (χ0) is 12.3. The second-order valence-electron chi connectivity index (χ2n) is 4.89. The van der Waals surface area contributed by atoms with E-state index in [4.69, 9.17) is 5.84 Å². The molecule has 0 bridgehead atoms. The number of H-pyrrole nitrogens is 1. The van der Waals surface area contributed by atoms with Crippen molar-refractivity contribution in [3.05, 3.63) is 21.7 Å². The van der Waals surface area contributed by atoms with Gasteiger partial charge in [-0.15, -0.1) is 0 Å². The van der Waals surface area contributed by atoms with E-state index in [0.29, 0.717) is 23.6 Å². The first-order chi connectivity index (χ1) is 7.40. The van der Waals surface area contributed by atoms with Crippen molar-refractivity contribution in [1.82, 2.24) is 9.97 Å². The molecule has 1 rings (SSSR count). The fourth-order valence-electron chi connectivity index (χ4n) is 1.45. The smallest absolute Gasteiger partial charge is 0.256 e. The van der Waals surface area contributed by atoms with Gasteiger partial charge in [0.1, 0.15) is 5.82 Å². The van der Waals surface area contributed by atoms with Crippen LogP contribution in [-0.4, -0.2) is 9.97 Å². The lowest BCUT2D eigenvalue weighted by molar-refractivity contribution is 0.541. The number of nitrogen functional groups attached to an aromatic ring is 1. The summed E-state index contributed by atoms with van der Waals surface area (Å²) in [5.41, 5.74) is 2.82. The van der Waals surface area contributed by atoms with Crippen LogP contribution in [0.25, 0.3) is 0 Å². The number of anilines is 1. The molecule has 0 saturated carbocycles. The average Bonchev–Trinajstić information content (AvgIpc) is 2.19. The number of hydrogen-bond donors (Lipinski definition) is 3. The number of hydrazine groups is 1. The van der Waals surface area contributed by atoms with Gasteiger partial charge in [0, 0.05) is 5.41 Å². The van der Waals surface area contributed by atoms with E-state index in [0.717, 1.165) is 6.42 Å². The number of nitrogens with two attached hydrogens (primary N) is 1. The molecule has 16 heavy (non-hydrogen) atoms. The van der Waals surface area contributed by atoms with Crippen LogP contribution in [0.2, 0.25) is 0 Å². The number of nitrogens with one attached hydrogen (secondary N) is 2. The molecule has 5 heteroatoms. The molecule has 1 aromatic rings. The standard InChI is InChI=1S/C11H20N4O/c1-5-6-7-8(15-12)13-10(11(2,3)4)14-9(7)16/h5-6,12H2,1-4H3,(H2,13,14,15,16). The van der Waals surface area contributed by atoms with Crippen molar-refractivity contribution >= 4 is 5.82 Å². The first-order valence-corrected chi connectivity index (χ1v) is 5.50. The van der Waals surface area contributed by atoms with Gasteiger partial charge in [-0.25, -0.2) is 10.8 Å². The molecule has 0 aliphatic carbocycles. The summed E-state index contributed by atoms with van der Waals surface area (Å²) in [4.78, 5) is 19.0. The number of aromatic amines is 1. The van der Waals surface area contributed by atoms with Crippen LogP contribution < -0.4 is 16.8 Å². The van der Waals surface area contributed by atoms with Crippen molar-refractivity contribution in [3.8, 4) is 0 Å². The van der Waals surface area contributed by atoms with Crippen LogP contribution in [0.1, 0.15) is 45.5 Å². The van der Waals surface area contributed by atoms with Gasteiger partial charge >= 0.3 is 0 Å². The van der Waals surface area contributed by atoms with E-state index >= 15 is 0 Å². The fourth-order valence-corrected chi connectivity index (χ4v) is 1.45. The van der Waals surface area contributed by atoms with Crippen molar-refractivity contribution in [2.75, 3.05) is 5.43 Å². The van der Waals surface area contributed by atoms with Gasteiger partial charge in [0.25, 0.3) is 5.56 Å². The third kappa shape index (κ3) is 2.61. The van der Waals surface area contributed by atoms with E-state index in [2.05, 4.69) is 15.4 Å². The molecule has 0 fully saturated rings. The van der Waals surface area contributed by atoms with E-state index in [1.165, 1.54) is 0 Å². The molecule has 0 radical (unpaired) electrons. The highest BCUT2D eigenvalue weighted by molar-refractivity contribution is 5.42. The van der Waals surface area contributed by atoms with Crippen molar-refractivity contribution in [1.29, 1.82) is 0 Å². The number of hydrogen-bond acceptors (Lipinski definition) is 4. The first-order valence-electron chi connectivity index (χ1n) is 5.50. The maximum atomic E-state index is 11.9. The highest BCUT2D eigenvalue weighted by Gasteiger charge is 2.19. The lowest BCUT2D eigenvalue weighted by atomic mass is 9.95. The van der Waals surface area contributed by atoms with E-state index < -0.39 is 0 Å². The lowest BCUT2D eigenvalue weighted by Crippen LogP contribution is -2.27. The lowest BCUT2D eigenvalue weighted by Gasteiger charge is -2.18. The van der Waals surface area contributed by atoms with Crippen LogP contribution in [-0.2, 0) is 11.8 Å². The highest BCUT2D eigenvalue weighted by Crippen LogP contribution is 2.19. The monoisotopic (exact) mass is 224 g/mol. The van der Waals surface area contributed by atoms with Crippen LogP contribution in [0.4, 0.5) is 5.82 Å². The summed E-state index contributed by atoms with van der Waals surface area (Å²) in [6, 6.07) is 0. The third-order valence-corrected chi connectivity index (χ3v) is 2.36. The van der Waals surface area contributed by atoms with Crippen LogP contribution >= 0.6 is 0 Å². The summed E-state index contributed by atoms with van der Waals surface area (Å²) in [6.45, 7) is 7.98. The quantitative estimate of drug-likeness (QED) is 0.534. The Labute approximate surface area is 95.4 Å². The van der Waals surface area contributed by atoms with Gasteiger partial charge < -0.3 is 10.4 Å². The zero-order valence-electron chi connectivity index (χ0n) is 10.3. The highest BCUT2D eigenvalue weighted by atomic mass is 16.1. The third-order valence-electron chi connectivity index (χ3n) is 2.36. The maximum absolute atomic E-state index is 11.9. The molecule has 4 N–H and O–H groups in total. The van der Waals surface area contributed by atoms with Gasteiger partial charge in [-0.1, -0.05) is 34.1 Å². The van der Waals surface area contributed by atoms with E-state index in [-0.39, 0.29) is 11.0 Å². The van der Waals surface area contributed by atoms with Crippen LogP contribution in [0.5, 0.6) is 0 Å². The summed E-state index contributed by atoms with van der Waals surface area (Å²) in [5.74, 6) is 6.52. The maximum Gasteiger partial charge on any atom is 0.256 e. The second kappa shape index (κ2) is 4.65. The summed E-state index contributed by atoms with van der Waals surface area (Å²) in [7, 11) is 0. The number of aromatic nitrogens is 2. The normalized spacial score (nSPS) is 11.6. The van der Waals surface area contributed by atoms with Crippen molar-refractivity contribution in [2.45, 2.75) is 46.0 Å². The second-order valence-corrected chi connectivity index (χ2v) is 4.89. The summed E-state index contributed by atoms with van der Waals surface area (Å²) < 4.78 is 0. The Morgan fingerprint density at radius 3 is 2.50 bits per heavy atom. The minimum atomic E-state index is -0.199. The largest absolute Gasteiger partial charge is 0.310 e. The first kappa shape index (κ1) is 12.7. The Hall–Kier alpha value is -1.36. The number of rotatable bonds is 3. The molecule has 0 aliphatic heterocycles. The van der Waals surface area contributed by atoms with Crippen LogP contribution in [0.3, 0.4) is 0 Å². The molecule has 5 nitrogen and oxygen atoms in total. The zero-order valence-corrected chi connectivity index (χ0v) is 10.3. The molecule has 1 aromatic heterocycles. The van der Waals surface area contributed by atoms with Crippen molar-refractivity contribution in [3.63, 3.8) is 0 Å². The SMILES string of the molecule is CCCc1c(NN)nc(C(C)(C)C)[nH]c1=O. The molecule has 0 atom stereocenters. The minimum Gasteiger partial charge on any atom is -0.310 e. The molecule has 90 valence electrons. The van der Waals surface area contributed by atoms with E-state index in [9.17, 15) is 4.79 Å². The summed E-state index contributed by atoms with van der Waals surface area (Å²) >= 11 is 0. The molecule has 0 amide bonds. The predicted molar refractivity (Wildman–Crippen MR) is 65.4 cm³/mol. The topological polar surface area (TPSA) is 83.8 Å². The van der Waals surface area contributed by atoms with Crippen molar-refractivity contribution in [2.24, 2.45) is 5.84 Å². The molecule has 0 saturated heterocycles. The van der Waals surface area contributed by atoms with Gasteiger partial charge in [-0.3, -0.25) is 4.79 Å². The summed E-state index contributed by atoms with van der Waals surface area (Å²) in [5, 5.41) is 0. The molecule has 1 heterocycles. The molecular weight excluding hydrogens is 204 g/mol. The Bertz CT molecular complexity index is 417. The van der Waals surface area contributed by atoms with Gasteiger partial charge in [0.15, 0.2) is 5.82 Å². The molecule has 0 spiro atoms. The van der Waals surface area contributed by atoms with Gasteiger partial charge in [0.2, 0.25) is 0 Å². The van der Waals surface area contributed by atoms with E-state index in [1.54, 1.807) is 0 Å². The molecule has 0 aromatic carbocycles. The fraction of sp³-hybridized carbons (Fsp3) is 0.636. The Morgan fingerprint density at radius 2 is 2.06 bits per heavy atom. The summed E-state index contributed by atoms with van der Waals surface area (Å²) in [6.07, 6.45) is 1.56. The minimum absolute atomic E-state index is 0.102. The van der Waals surface area contributed by atoms with Crippen LogP contribution in [0.15, 0.2) is 4.79 Å². The molecule has 0 aliphatic rings. The Balaban J connectivity index is 3.32. The predicted octanol–water partition coefficient (Wildman–Crippen LogP) is 1.31. The molecule has 0 unspecified atom stereocenters.